The molecule has 1 aromatic heterocycles. The number of hydrogen-bond acceptors (Lipinski definition) is 4. The van der Waals surface area contributed by atoms with E-state index >= 15 is 0 Å². The fourth-order valence-corrected chi connectivity index (χ4v) is 2.81. The van der Waals surface area contributed by atoms with Gasteiger partial charge in [-0.05, 0) is 33.2 Å². The topological polar surface area (TPSA) is 45.2 Å². The van der Waals surface area contributed by atoms with Crippen molar-refractivity contribution in [1.29, 1.82) is 0 Å². The van der Waals surface area contributed by atoms with Gasteiger partial charge in [-0.1, -0.05) is 0 Å². The van der Waals surface area contributed by atoms with Crippen molar-refractivity contribution in [3.63, 3.8) is 0 Å². The Kier molecular flexibility index (Phi) is 2.85. The van der Waals surface area contributed by atoms with Gasteiger partial charge in [0.2, 0.25) is 0 Å². The van der Waals surface area contributed by atoms with Crippen LogP contribution >= 0.6 is 11.3 Å². The molecule has 0 spiro atoms. The Morgan fingerprint density at radius 2 is 2.29 bits per heavy atom. The molecular weight excluding hydrogens is 196 g/mol. The first-order valence-electron chi connectivity index (χ1n) is 5.04. The number of hydrogen-bond donors (Lipinski definition) is 2. The number of rotatable bonds is 1. The molecule has 1 aliphatic heterocycles. The molecule has 0 radical (unpaired) electrons. The predicted molar refractivity (Wildman–Crippen MR) is 57.6 cm³/mol. The van der Waals surface area contributed by atoms with Crippen LogP contribution in [-0.2, 0) is 0 Å². The minimum Gasteiger partial charge on any atom is -0.391 e. The summed E-state index contributed by atoms with van der Waals surface area (Å²) in [6.45, 7) is 5.08. The van der Waals surface area contributed by atoms with Gasteiger partial charge in [0.15, 0.2) is 0 Å². The van der Waals surface area contributed by atoms with Gasteiger partial charge in [-0.2, -0.15) is 0 Å². The summed E-state index contributed by atoms with van der Waals surface area (Å²) in [4.78, 5) is 5.73. The van der Waals surface area contributed by atoms with E-state index in [0.29, 0.717) is 0 Å². The lowest BCUT2D eigenvalue weighted by Crippen LogP contribution is -2.37. The van der Waals surface area contributed by atoms with Crippen molar-refractivity contribution >= 4 is 11.3 Å². The van der Waals surface area contributed by atoms with Gasteiger partial charge in [-0.15, -0.1) is 11.3 Å². The van der Waals surface area contributed by atoms with Crippen LogP contribution in [-0.4, -0.2) is 22.7 Å². The molecule has 78 valence electrons. The van der Waals surface area contributed by atoms with Gasteiger partial charge >= 0.3 is 0 Å². The minimum atomic E-state index is -0.270. The molecule has 2 rings (SSSR count). The second-order valence-electron chi connectivity index (χ2n) is 3.84. The van der Waals surface area contributed by atoms with Crippen LogP contribution in [0, 0.1) is 13.8 Å². The maximum Gasteiger partial charge on any atom is 0.113 e. The van der Waals surface area contributed by atoms with E-state index in [1.165, 1.54) is 4.88 Å². The summed E-state index contributed by atoms with van der Waals surface area (Å²) in [6, 6.07) is 0.0566. The fourth-order valence-electron chi connectivity index (χ4n) is 1.75. The molecule has 1 fully saturated rings. The smallest absolute Gasteiger partial charge is 0.113 e. The second kappa shape index (κ2) is 3.96. The van der Waals surface area contributed by atoms with Gasteiger partial charge in [0, 0.05) is 4.88 Å². The Morgan fingerprint density at radius 3 is 2.86 bits per heavy atom. The van der Waals surface area contributed by atoms with Crippen LogP contribution in [0.4, 0.5) is 0 Å². The molecule has 0 aromatic carbocycles. The Hall–Kier alpha value is -0.450. The lowest BCUT2D eigenvalue weighted by atomic mass is 10.0. The Labute approximate surface area is 88.2 Å². The highest BCUT2D eigenvalue weighted by Crippen LogP contribution is 2.28. The molecule has 3 nitrogen and oxygen atoms in total. The van der Waals surface area contributed by atoms with E-state index in [1.54, 1.807) is 11.3 Å². The van der Waals surface area contributed by atoms with Gasteiger partial charge in [-0.3, -0.25) is 0 Å². The quantitative estimate of drug-likeness (QED) is 0.742. The van der Waals surface area contributed by atoms with E-state index in [2.05, 4.69) is 17.2 Å². The summed E-state index contributed by atoms with van der Waals surface area (Å²) >= 11 is 1.69. The molecule has 4 heteroatoms. The lowest BCUT2D eigenvalue weighted by molar-refractivity contribution is 0.0964. The summed E-state index contributed by atoms with van der Waals surface area (Å²) in [7, 11) is 0. The monoisotopic (exact) mass is 212 g/mol. The molecule has 0 bridgehead atoms. The third-order valence-corrected chi connectivity index (χ3v) is 3.89. The summed E-state index contributed by atoms with van der Waals surface area (Å²) < 4.78 is 0. The molecule has 2 unspecified atom stereocenters. The van der Waals surface area contributed by atoms with Gasteiger partial charge in [-0.25, -0.2) is 4.98 Å². The molecule has 14 heavy (non-hydrogen) atoms. The maximum absolute atomic E-state index is 9.83. The highest BCUT2D eigenvalue weighted by Gasteiger charge is 2.26. The summed E-state index contributed by atoms with van der Waals surface area (Å²) in [6.07, 6.45) is 1.67. The first-order chi connectivity index (χ1) is 6.68. The molecule has 0 amide bonds. The number of aliphatic hydroxyl groups is 1. The van der Waals surface area contributed by atoms with Crippen molar-refractivity contribution in [2.24, 2.45) is 0 Å². The molecule has 1 aliphatic rings. The second-order valence-corrected chi connectivity index (χ2v) is 5.07. The number of aliphatic hydroxyl groups excluding tert-OH is 1. The van der Waals surface area contributed by atoms with Crippen LogP contribution in [0.2, 0.25) is 0 Å². The van der Waals surface area contributed by atoms with E-state index in [4.69, 9.17) is 0 Å². The Bertz CT molecular complexity index is 304. The van der Waals surface area contributed by atoms with Crippen molar-refractivity contribution in [3.8, 4) is 0 Å². The Morgan fingerprint density at radius 1 is 1.50 bits per heavy atom. The third-order valence-electron chi connectivity index (χ3n) is 2.74. The first kappa shape index (κ1) is 10.1. The van der Waals surface area contributed by atoms with E-state index in [0.717, 1.165) is 30.1 Å². The van der Waals surface area contributed by atoms with E-state index in [9.17, 15) is 5.11 Å². The van der Waals surface area contributed by atoms with E-state index < -0.39 is 0 Å². The number of aryl methyl sites for hydroxylation is 2. The normalized spacial score (nSPS) is 27.9. The third kappa shape index (κ3) is 1.82. The van der Waals surface area contributed by atoms with E-state index in [-0.39, 0.29) is 12.1 Å². The summed E-state index contributed by atoms with van der Waals surface area (Å²) in [5, 5.41) is 14.2. The highest BCUT2D eigenvalue weighted by atomic mass is 32.1. The van der Waals surface area contributed by atoms with Gasteiger partial charge < -0.3 is 10.4 Å². The molecule has 0 saturated carbocycles. The van der Waals surface area contributed by atoms with Crippen LogP contribution in [0.1, 0.15) is 34.5 Å². The molecule has 2 heterocycles. The number of nitrogens with one attached hydrogen (secondary N) is 1. The highest BCUT2D eigenvalue weighted by molar-refractivity contribution is 7.11. The molecular formula is C10H16N2OS. The Balaban J connectivity index is 2.20. The van der Waals surface area contributed by atoms with Gasteiger partial charge in [0.25, 0.3) is 0 Å². The number of piperidine rings is 1. The number of aromatic nitrogens is 1. The number of nitrogens with zero attached hydrogens (tertiary/aromatic N) is 1. The average Bonchev–Trinajstić information content (AvgIpc) is 2.48. The predicted octanol–water partition coefficient (Wildman–Crippen LogP) is 1.55. The maximum atomic E-state index is 9.83. The van der Waals surface area contributed by atoms with Crippen LogP contribution in [0.15, 0.2) is 0 Å². The van der Waals surface area contributed by atoms with Crippen molar-refractivity contribution in [1.82, 2.24) is 10.3 Å². The van der Waals surface area contributed by atoms with Crippen LogP contribution in [0.3, 0.4) is 0 Å². The van der Waals surface area contributed by atoms with Crippen molar-refractivity contribution in [2.45, 2.75) is 38.8 Å². The standard InChI is InChI=1S/C10H16N2OS/c1-6-7(2)14-10(12-6)9-8(13)4-3-5-11-9/h8-9,11,13H,3-5H2,1-2H3. The zero-order valence-corrected chi connectivity index (χ0v) is 9.40. The van der Waals surface area contributed by atoms with Crippen LogP contribution in [0.5, 0.6) is 0 Å². The zero-order chi connectivity index (χ0) is 10.1. The van der Waals surface area contributed by atoms with E-state index in [1.807, 2.05) is 6.92 Å². The van der Waals surface area contributed by atoms with Crippen LogP contribution < -0.4 is 5.32 Å². The fraction of sp³-hybridized carbons (Fsp3) is 0.700. The molecule has 2 N–H and O–H groups in total. The van der Waals surface area contributed by atoms with Crippen molar-refractivity contribution < 1.29 is 5.11 Å². The first-order valence-corrected chi connectivity index (χ1v) is 5.85. The molecule has 1 aromatic rings. The van der Waals surface area contributed by atoms with Gasteiger partial charge in [0.05, 0.1) is 17.8 Å². The SMILES string of the molecule is Cc1nc(C2NCCCC2O)sc1C. The molecule has 0 aliphatic carbocycles. The lowest BCUT2D eigenvalue weighted by Gasteiger charge is -2.27. The number of thiazole rings is 1. The van der Waals surface area contributed by atoms with Crippen molar-refractivity contribution in [2.75, 3.05) is 6.54 Å². The summed E-state index contributed by atoms with van der Waals surface area (Å²) in [5.41, 5.74) is 1.09. The molecule has 1 saturated heterocycles. The zero-order valence-electron chi connectivity index (χ0n) is 8.58. The minimum absolute atomic E-state index is 0.0566. The molecule has 2 atom stereocenters. The largest absolute Gasteiger partial charge is 0.391 e. The van der Waals surface area contributed by atoms with Gasteiger partial charge in [0.1, 0.15) is 5.01 Å². The van der Waals surface area contributed by atoms with Crippen molar-refractivity contribution in [3.05, 3.63) is 15.6 Å². The average molecular weight is 212 g/mol. The van der Waals surface area contributed by atoms with Crippen LogP contribution in [0.25, 0.3) is 0 Å². The summed E-state index contributed by atoms with van der Waals surface area (Å²) in [5.74, 6) is 0.